The zero-order chi connectivity index (χ0) is 31.3. The Kier molecular flexibility index (Phi) is 8.81. The number of hydrogen-bond acceptors (Lipinski definition) is 8. The van der Waals surface area contributed by atoms with Crippen LogP contribution in [-0.4, -0.2) is 52.6 Å². The van der Waals surface area contributed by atoms with Crippen molar-refractivity contribution in [3.8, 4) is 23.0 Å². The maximum absolute atomic E-state index is 13.4. The molecule has 2 aliphatic rings. The largest absolute Gasteiger partial charge is 0.438 e. The minimum Gasteiger partial charge on any atom is -0.438 e. The van der Waals surface area contributed by atoms with E-state index < -0.39 is 0 Å². The summed E-state index contributed by atoms with van der Waals surface area (Å²) in [6.07, 6.45) is 7.74. The fourth-order valence-electron chi connectivity index (χ4n) is 5.68. The molecule has 10 nitrogen and oxygen atoms in total. The quantitative estimate of drug-likeness (QED) is 0.245. The number of carbonyl (C=O) groups is 2. The third kappa shape index (κ3) is 6.85. The Bertz CT molecular complexity index is 1750. The van der Waals surface area contributed by atoms with Crippen LogP contribution < -0.4 is 20.3 Å². The lowest BCUT2D eigenvalue weighted by Gasteiger charge is -2.34. The van der Waals surface area contributed by atoms with Crippen molar-refractivity contribution in [1.29, 1.82) is 0 Å². The first kappa shape index (κ1) is 29.9. The van der Waals surface area contributed by atoms with E-state index in [1.54, 1.807) is 30.7 Å². The maximum Gasteiger partial charge on any atom is 0.255 e. The molecule has 4 heterocycles. The standard InChI is InChI=1S/C35H37N7O3/c1-4-32(43)38-18-24-11-14-42(15-12-24)30-10-9-27(16-23(30)3)39-34(44)25-8-7-22(2)31(17-25)45-35-28-20-37-21-29(28)40-33(41-35)26-6-5-13-36-19-26/h5-10,13,16-17,19-20,24H,4,11-12,14-15,18,21H2,1-3H3,(H,38,43)(H,39,44). The van der Waals surface area contributed by atoms with E-state index in [0.29, 0.717) is 41.9 Å². The molecule has 1 saturated heterocycles. The van der Waals surface area contributed by atoms with Crippen LogP contribution in [0.15, 0.2) is 65.9 Å². The van der Waals surface area contributed by atoms with Gasteiger partial charge in [0.2, 0.25) is 11.8 Å². The summed E-state index contributed by atoms with van der Waals surface area (Å²) in [7, 11) is 0. The minimum absolute atomic E-state index is 0.111. The van der Waals surface area contributed by atoms with Gasteiger partial charge >= 0.3 is 0 Å². The van der Waals surface area contributed by atoms with Gasteiger partial charge in [0, 0.05) is 67.2 Å². The molecule has 0 spiro atoms. The summed E-state index contributed by atoms with van der Waals surface area (Å²) in [5.74, 6) is 1.82. The number of anilines is 2. The molecule has 2 aromatic carbocycles. The fourth-order valence-corrected chi connectivity index (χ4v) is 5.68. The molecule has 230 valence electrons. The summed E-state index contributed by atoms with van der Waals surface area (Å²) in [6.45, 7) is 8.96. The number of hydrogen-bond donors (Lipinski definition) is 2. The molecule has 1 fully saturated rings. The average molecular weight is 604 g/mol. The van der Waals surface area contributed by atoms with Gasteiger partial charge in [-0.2, -0.15) is 4.98 Å². The van der Waals surface area contributed by atoms with Crippen molar-refractivity contribution in [2.75, 3.05) is 29.9 Å². The van der Waals surface area contributed by atoms with E-state index >= 15 is 0 Å². The van der Waals surface area contributed by atoms with Gasteiger partial charge in [-0.3, -0.25) is 19.6 Å². The summed E-state index contributed by atoms with van der Waals surface area (Å²) in [4.78, 5) is 45.3. The smallest absolute Gasteiger partial charge is 0.255 e. The molecule has 10 heteroatoms. The lowest BCUT2D eigenvalue weighted by molar-refractivity contribution is -0.121. The maximum atomic E-state index is 13.4. The Hall–Kier alpha value is -5.12. The van der Waals surface area contributed by atoms with E-state index in [1.165, 1.54) is 5.69 Å². The zero-order valence-corrected chi connectivity index (χ0v) is 25.8. The second kappa shape index (κ2) is 13.3. The molecule has 0 bridgehead atoms. The van der Waals surface area contributed by atoms with Crippen LogP contribution in [0.3, 0.4) is 0 Å². The number of rotatable bonds is 9. The fraction of sp³-hybridized carbons (Fsp3) is 0.314. The summed E-state index contributed by atoms with van der Waals surface area (Å²) < 4.78 is 6.33. The van der Waals surface area contributed by atoms with E-state index in [0.717, 1.165) is 66.1 Å². The number of benzene rings is 2. The van der Waals surface area contributed by atoms with Crippen LogP contribution >= 0.6 is 0 Å². The zero-order valence-electron chi connectivity index (χ0n) is 25.8. The van der Waals surface area contributed by atoms with Gasteiger partial charge in [0.15, 0.2) is 5.82 Å². The number of nitrogens with zero attached hydrogens (tertiary/aromatic N) is 5. The molecule has 0 saturated carbocycles. The van der Waals surface area contributed by atoms with Gasteiger partial charge in [0.05, 0.1) is 17.8 Å². The first-order chi connectivity index (χ1) is 21.9. The van der Waals surface area contributed by atoms with Crippen molar-refractivity contribution < 1.29 is 14.3 Å². The molecular formula is C35H37N7O3. The molecule has 0 atom stereocenters. The highest BCUT2D eigenvalue weighted by atomic mass is 16.5. The molecule has 4 aromatic rings. The molecule has 2 amide bonds. The van der Waals surface area contributed by atoms with Crippen LogP contribution in [-0.2, 0) is 11.3 Å². The number of nitrogens with one attached hydrogen (secondary N) is 2. The third-order valence-electron chi connectivity index (χ3n) is 8.35. The lowest BCUT2D eigenvalue weighted by Crippen LogP contribution is -2.38. The van der Waals surface area contributed by atoms with E-state index in [-0.39, 0.29) is 11.8 Å². The monoisotopic (exact) mass is 603 g/mol. The molecule has 0 unspecified atom stereocenters. The van der Waals surface area contributed by atoms with Gasteiger partial charge in [0.1, 0.15) is 5.75 Å². The van der Waals surface area contributed by atoms with E-state index in [4.69, 9.17) is 4.74 Å². The summed E-state index contributed by atoms with van der Waals surface area (Å²) in [5.41, 5.74) is 6.64. The summed E-state index contributed by atoms with van der Waals surface area (Å²) in [5, 5.41) is 6.07. The van der Waals surface area contributed by atoms with Gasteiger partial charge in [-0.15, -0.1) is 0 Å². The summed E-state index contributed by atoms with van der Waals surface area (Å²) in [6, 6.07) is 15.2. The van der Waals surface area contributed by atoms with E-state index in [1.807, 2.05) is 44.2 Å². The van der Waals surface area contributed by atoms with Gasteiger partial charge in [-0.1, -0.05) is 13.0 Å². The first-order valence-corrected chi connectivity index (χ1v) is 15.4. The molecule has 2 aromatic heterocycles. The number of aromatic nitrogens is 3. The first-order valence-electron chi connectivity index (χ1n) is 15.4. The van der Waals surface area contributed by atoms with Crippen molar-refractivity contribution in [3.05, 3.63) is 88.9 Å². The topological polar surface area (TPSA) is 122 Å². The molecule has 0 aliphatic carbocycles. The molecule has 45 heavy (non-hydrogen) atoms. The Morgan fingerprint density at radius 1 is 1.02 bits per heavy atom. The second-order valence-corrected chi connectivity index (χ2v) is 11.6. The summed E-state index contributed by atoms with van der Waals surface area (Å²) >= 11 is 0. The van der Waals surface area contributed by atoms with Crippen LogP contribution in [0.25, 0.3) is 11.4 Å². The number of carbonyl (C=O) groups excluding carboxylic acids is 2. The Labute approximate surface area is 263 Å². The number of aliphatic imine (C=N–C) groups is 1. The van der Waals surface area contributed by atoms with Crippen LogP contribution in [0.5, 0.6) is 11.6 Å². The molecule has 0 radical (unpaired) electrons. The van der Waals surface area contributed by atoms with Crippen molar-refractivity contribution >= 4 is 29.4 Å². The lowest BCUT2D eigenvalue weighted by atomic mass is 9.95. The minimum atomic E-state index is -0.229. The predicted octanol–water partition coefficient (Wildman–Crippen LogP) is 5.88. The predicted molar refractivity (Wildman–Crippen MR) is 175 cm³/mol. The number of ether oxygens (including phenoxy) is 1. The molecule has 2 N–H and O–H groups in total. The molecular weight excluding hydrogens is 566 g/mol. The van der Waals surface area contributed by atoms with Gasteiger partial charge in [-0.05, 0) is 86.2 Å². The molecule has 2 aliphatic heterocycles. The Balaban J connectivity index is 1.13. The van der Waals surface area contributed by atoms with Gasteiger partial charge in [-0.25, -0.2) is 4.98 Å². The van der Waals surface area contributed by atoms with Crippen molar-refractivity contribution in [2.45, 2.75) is 46.6 Å². The number of amides is 2. The van der Waals surface area contributed by atoms with Crippen LogP contribution in [0.1, 0.15) is 58.9 Å². The SMILES string of the molecule is CCC(=O)NCC1CCN(c2ccc(NC(=O)c3ccc(C)c(Oc4nc(-c5cccnc5)nc5c4C=NC5)c3)cc2C)CC1. The van der Waals surface area contributed by atoms with E-state index in [9.17, 15) is 9.59 Å². The number of piperidine rings is 1. The highest BCUT2D eigenvalue weighted by Gasteiger charge is 2.22. The van der Waals surface area contributed by atoms with Crippen molar-refractivity contribution in [2.24, 2.45) is 10.9 Å². The average Bonchev–Trinajstić information content (AvgIpc) is 3.55. The highest BCUT2D eigenvalue weighted by molar-refractivity contribution is 6.04. The van der Waals surface area contributed by atoms with E-state index in [2.05, 4.69) is 48.5 Å². The Morgan fingerprint density at radius 2 is 1.87 bits per heavy atom. The van der Waals surface area contributed by atoms with Crippen LogP contribution in [0.2, 0.25) is 0 Å². The van der Waals surface area contributed by atoms with Gasteiger partial charge < -0.3 is 20.3 Å². The normalized spacial score (nSPS) is 14.2. The number of pyridine rings is 1. The second-order valence-electron chi connectivity index (χ2n) is 11.6. The molecule has 6 rings (SSSR count). The Morgan fingerprint density at radius 3 is 2.62 bits per heavy atom. The van der Waals surface area contributed by atoms with Crippen LogP contribution in [0, 0.1) is 19.8 Å². The van der Waals surface area contributed by atoms with Gasteiger partial charge in [0.25, 0.3) is 5.91 Å². The van der Waals surface area contributed by atoms with Crippen molar-refractivity contribution in [1.82, 2.24) is 20.3 Å². The van der Waals surface area contributed by atoms with Crippen molar-refractivity contribution in [3.63, 3.8) is 0 Å². The third-order valence-corrected chi connectivity index (χ3v) is 8.35. The van der Waals surface area contributed by atoms with Crippen LogP contribution in [0.4, 0.5) is 11.4 Å². The number of aryl methyl sites for hydroxylation is 2. The number of fused-ring (bicyclic) bond motifs is 1. The highest BCUT2D eigenvalue weighted by Crippen LogP contribution is 2.32.